The molecule has 1 aliphatic heterocycles. The third-order valence-corrected chi connectivity index (χ3v) is 4.35. The van der Waals surface area contributed by atoms with Gasteiger partial charge in [-0.3, -0.25) is 4.90 Å². The average molecular weight is 275 g/mol. The zero-order valence-corrected chi connectivity index (χ0v) is 11.6. The minimum Gasteiger partial charge on any atom is -0.318 e. The number of hydrogen-bond acceptors (Lipinski definition) is 4. The first-order valence-electron chi connectivity index (χ1n) is 6.20. The van der Waals surface area contributed by atoms with Crippen LogP contribution >= 0.6 is 11.3 Å². The van der Waals surface area contributed by atoms with Gasteiger partial charge in [0.05, 0.1) is 11.0 Å². The van der Waals surface area contributed by atoms with Crippen LogP contribution in [-0.4, -0.2) is 42.5 Å². The van der Waals surface area contributed by atoms with Crippen LogP contribution in [0.1, 0.15) is 28.8 Å². The summed E-state index contributed by atoms with van der Waals surface area (Å²) in [5, 5.41) is 4.16. The maximum atomic E-state index is 13.2. The molecule has 0 bridgehead atoms. The maximum Gasteiger partial charge on any atom is 0.250 e. The third-order valence-electron chi connectivity index (χ3n) is 3.34. The molecule has 0 radical (unpaired) electrons. The molecule has 1 N–H and O–H groups in total. The van der Waals surface area contributed by atoms with Gasteiger partial charge < -0.3 is 5.32 Å². The van der Waals surface area contributed by atoms with Crippen LogP contribution in [0, 0.1) is 6.92 Å². The fourth-order valence-electron chi connectivity index (χ4n) is 2.30. The molecule has 18 heavy (non-hydrogen) atoms. The van der Waals surface area contributed by atoms with Crippen molar-refractivity contribution < 1.29 is 8.78 Å². The zero-order valence-electron chi connectivity index (χ0n) is 10.7. The lowest BCUT2D eigenvalue weighted by Crippen LogP contribution is -2.43. The molecule has 1 unspecified atom stereocenters. The molecule has 1 saturated heterocycles. The molecule has 0 aromatic carbocycles. The van der Waals surface area contributed by atoms with Gasteiger partial charge >= 0.3 is 0 Å². The lowest BCUT2D eigenvalue weighted by Gasteiger charge is -2.36. The third kappa shape index (κ3) is 3.24. The standard InChI is InChI=1S/C12H19F2N3S/c1-9-16-8-11(18-9)10(7-15-2)17-5-3-12(13,14)4-6-17/h8,10,15H,3-7H2,1-2H3. The van der Waals surface area contributed by atoms with E-state index < -0.39 is 5.92 Å². The van der Waals surface area contributed by atoms with E-state index in [4.69, 9.17) is 0 Å². The Labute approximate surface area is 110 Å². The zero-order chi connectivity index (χ0) is 13.2. The highest BCUT2D eigenvalue weighted by Gasteiger charge is 2.36. The summed E-state index contributed by atoms with van der Waals surface area (Å²) in [6, 6.07) is 0.164. The molecule has 1 aliphatic rings. The second-order valence-corrected chi connectivity index (χ2v) is 6.01. The van der Waals surface area contributed by atoms with Crippen LogP contribution in [0.2, 0.25) is 0 Å². The molecule has 0 aliphatic carbocycles. The number of aromatic nitrogens is 1. The molecule has 1 atom stereocenters. The first-order chi connectivity index (χ1) is 8.52. The smallest absolute Gasteiger partial charge is 0.250 e. The van der Waals surface area contributed by atoms with Crippen LogP contribution in [0.4, 0.5) is 8.78 Å². The Hall–Kier alpha value is -0.590. The van der Waals surface area contributed by atoms with Crippen LogP contribution in [0.3, 0.4) is 0 Å². The van der Waals surface area contributed by atoms with Gasteiger partial charge in [-0.05, 0) is 14.0 Å². The molecule has 0 spiro atoms. The Morgan fingerprint density at radius 3 is 2.67 bits per heavy atom. The van der Waals surface area contributed by atoms with E-state index in [0.29, 0.717) is 13.1 Å². The summed E-state index contributed by atoms with van der Waals surface area (Å²) in [4.78, 5) is 7.56. The van der Waals surface area contributed by atoms with Crippen LogP contribution in [-0.2, 0) is 0 Å². The minimum absolute atomic E-state index is 0.0367. The van der Waals surface area contributed by atoms with E-state index in [-0.39, 0.29) is 18.9 Å². The quantitative estimate of drug-likeness (QED) is 0.915. The number of nitrogens with one attached hydrogen (secondary N) is 1. The molecule has 1 aromatic heterocycles. The van der Waals surface area contributed by atoms with E-state index in [1.54, 1.807) is 11.3 Å². The van der Waals surface area contributed by atoms with Gasteiger partial charge in [0, 0.05) is 43.5 Å². The Morgan fingerprint density at radius 2 is 2.17 bits per heavy atom. The van der Waals surface area contributed by atoms with Gasteiger partial charge in [-0.1, -0.05) is 0 Å². The second-order valence-electron chi connectivity index (χ2n) is 4.75. The van der Waals surface area contributed by atoms with E-state index >= 15 is 0 Å². The van der Waals surface area contributed by atoms with Gasteiger partial charge in [-0.2, -0.15) is 0 Å². The number of likely N-dealkylation sites (tertiary alicyclic amines) is 1. The molecule has 1 aromatic rings. The van der Waals surface area contributed by atoms with Crippen molar-refractivity contribution in [1.82, 2.24) is 15.2 Å². The molecule has 2 heterocycles. The van der Waals surface area contributed by atoms with Crippen molar-refractivity contribution in [1.29, 1.82) is 0 Å². The lowest BCUT2D eigenvalue weighted by molar-refractivity contribution is -0.0629. The van der Waals surface area contributed by atoms with E-state index in [0.717, 1.165) is 16.4 Å². The predicted octanol–water partition coefficient (Wildman–Crippen LogP) is 2.44. The van der Waals surface area contributed by atoms with Gasteiger partial charge in [0.1, 0.15) is 0 Å². The predicted molar refractivity (Wildman–Crippen MR) is 69.3 cm³/mol. The van der Waals surface area contributed by atoms with Crippen molar-refractivity contribution in [3.8, 4) is 0 Å². The summed E-state index contributed by atoms with van der Waals surface area (Å²) >= 11 is 1.65. The Morgan fingerprint density at radius 1 is 1.50 bits per heavy atom. The summed E-state index contributed by atoms with van der Waals surface area (Å²) in [6.07, 6.45) is 1.80. The monoisotopic (exact) mass is 275 g/mol. The molecule has 3 nitrogen and oxygen atoms in total. The number of rotatable bonds is 4. The Kier molecular flexibility index (Phi) is 4.29. The van der Waals surface area contributed by atoms with Gasteiger partial charge in [0.25, 0.3) is 5.92 Å². The molecule has 6 heteroatoms. The number of likely N-dealkylation sites (N-methyl/N-ethyl adjacent to an activating group) is 1. The highest BCUT2D eigenvalue weighted by Crippen LogP contribution is 2.33. The fourth-order valence-corrected chi connectivity index (χ4v) is 3.22. The molecular weight excluding hydrogens is 256 g/mol. The summed E-state index contributed by atoms with van der Waals surface area (Å²) in [6.45, 7) is 3.65. The van der Waals surface area contributed by atoms with Crippen molar-refractivity contribution in [3.05, 3.63) is 16.1 Å². The van der Waals surface area contributed by atoms with E-state index in [1.807, 2.05) is 20.2 Å². The van der Waals surface area contributed by atoms with Crippen LogP contribution < -0.4 is 5.32 Å². The van der Waals surface area contributed by atoms with Crippen molar-refractivity contribution in [2.45, 2.75) is 31.7 Å². The number of alkyl halides is 2. The van der Waals surface area contributed by atoms with Crippen LogP contribution in [0.25, 0.3) is 0 Å². The molecule has 0 saturated carbocycles. The van der Waals surface area contributed by atoms with E-state index in [2.05, 4.69) is 15.2 Å². The number of piperidine rings is 1. The maximum absolute atomic E-state index is 13.2. The highest BCUT2D eigenvalue weighted by molar-refractivity contribution is 7.11. The van der Waals surface area contributed by atoms with Gasteiger partial charge in [-0.15, -0.1) is 11.3 Å². The van der Waals surface area contributed by atoms with Crippen molar-refractivity contribution in [2.75, 3.05) is 26.7 Å². The summed E-state index contributed by atoms with van der Waals surface area (Å²) in [7, 11) is 1.89. The fraction of sp³-hybridized carbons (Fsp3) is 0.750. The van der Waals surface area contributed by atoms with Gasteiger partial charge in [-0.25, -0.2) is 13.8 Å². The number of nitrogens with zero attached hydrogens (tertiary/aromatic N) is 2. The number of thiazole rings is 1. The lowest BCUT2D eigenvalue weighted by atomic mass is 10.0. The summed E-state index contributed by atoms with van der Waals surface area (Å²) in [5.74, 6) is -2.48. The first-order valence-corrected chi connectivity index (χ1v) is 7.02. The molecule has 102 valence electrons. The second kappa shape index (κ2) is 5.59. The topological polar surface area (TPSA) is 28.2 Å². The van der Waals surface area contributed by atoms with Crippen LogP contribution in [0.15, 0.2) is 6.20 Å². The largest absolute Gasteiger partial charge is 0.318 e. The van der Waals surface area contributed by atoms with Crippen molar-refractivity contribution in [3.63, 3.8) is 0 Å². The number of halogens is 2. The van der Waals surface area contributed by atoms with Crippen molar-refractivity contribution >= 4 is 11.3 Å². The van der Waals surface area contributed by atoms with Crippen molar-refractivity contribution in [2.24, 2.45) is 0 Å². The SMILES string of the molecule is CNCC(c1cnc(C)s1)N1CCC(F)(F)CC1. The summed E-state index contributed by atoms with van der Waals surface area (Å²) in [5.41, 5.74) is 0. The first kappa shape index (κ1) is 13.8. The van der Waals surface area contributed by atoms with E-state index in [9.17, 15) is 8.78 Å². The average Bonchev–Trinajstić information content (AvgIpc) is 2.73. The van der Waals surface area contributed by atoms with Crippen LogP contribution in [0.5, 0.6) is 0 Å². The van der Waals surface area contributed by atoms with Gasteiger partial charge in [0.2, 0.25) is 0 Å². The minimum atomic E-state index is -2.48. The highest BCUT2D eigenvalue weighted by atomic mass is 32.1. The Bertz CT molecular complexity index is 384. The molecule has 1 fully saturated rings. The van der Waals surface area contributed by atoms with E-state index in [1.165, 1.54) is 0 Å². The summed E-state index contributed by atoms with van der Waals surface area (Å²) < 4.78 is 26.4. The Balaban J connectivity index is 2.07. The van der Waals surface area contributed by atoms with Gasteiger partial charge in [0.15, 0.2) is 0 Å². The normalized spacial score (nSPS) is 22.0. The molecule has 0 amide bonds. The molecular formula is C12H19F2N3S. The number of aryl methyl sites for hydroxylation is 1. The molecule has 2 rings (SSSR count). The number of hydrogen-bond donors (Lipinski definition) is 1.